The summed E-state index contributed by atoms with van der Waals surface area (Å²) in [6.45, 7) is 1.87. The fourth-order valence-corrected chi connectivity index (χ4v) is 6.62. The molecule has 0 saturated heterocycles. The summed E-state index contributed by atoms with van der Waals surface area (Å²) < 4.78 is 17.1. The lowest BCUT2D eigenvalue weighted by atomic mass is 9.95. The van der Waals surface area contributed by atoms with E-state index in [0.717, 1.165) is 41.3 Å². The van der Waals surface area contributed by atoms with Crippen molar-refractivity contribution in [2.45, 2.75) is 77.2 Å². The van der Waals surface area contributed by atoms with E-state index in [2.05, 4.69) is 31.1 Å². The van der Waals surface area contributed by atoms with Crippen molar-refractivity contribution in [3.63, 3.8) is 0 Å². The summed E-state index contributed by atoms with van der Waals surface area (Å²) in [5.41, 5.74) is 3.34. The minimum Gasteiger partial charge on any atom is -0.493 e. The van der Waals surface area contributed by atoms with E-state index in [4.69, 9.17) is 14.2 Å². The van der Waals surface area contributed by atoms with Gasteiger partial charge in [-0.1, -0.05) is 31.7 Å². The normalized spacial score (nSPS) is 15.7. The Hall–Kier alpha value is -4.61. The smallest absolute Gasteiger partial charge is 0.248 e. The Labute approximate surface area is 269 Å². The van der Waals surface area contributed by atoms with Crippen molar-refractivity contribution in [3.8, 4) is 28.4 Å². The number of aromatic amines is 1. The molecule has 1 fully saturated rings. The molecule has 2 aliphatic carbocycles. The number of amides is 2. The highest BCUT2D eigenvalue weighted by atomic mass is 16.5. The van der Waals surface area contributed by atoms with E-state index in [1.165, 1.54) is 32.6 Å². The van der Waals surface area contributed by atoms with Gasteiger partial charge in [0.05, 0.1) is 33.1 Å². The molecule has 0 aliphatic heterocycles. The standard InChI is InChI=1S/C34H44N6O6/c1-20(41)36-25-14-12-22-18-28(44-2)32(45-3)33(46-4)31(22)23-13-15-26(27(42)19-24(23)25)35-17-7-10-30(43)38-34-37-29(39-40-34)16-11-21-8-5-6-9-21/h13,15,18-19,21,25H,5-12,14,16-17H2,1-4H3,(H,35,42)(H,36,41)(H2,37,38,39,40,43)/t25-/m0/s1. The molecule has 4 N–H and O–H groups in total. The van der Waals surface area contributed by atoms with Gasteiger partial charge >= 0.3 is 0 Å². The lowest BCUT2D eigenvalue weighted by Gasteiger charge is -2.19. The van der Waals surface area contributed by atoms with E-state index in [0.29, 0.717) is 54.3 Å². The van der Waals surface area contributed by atoms with E-state index < -0.39 is 6.04 Å². The number of ether oxygens (including phenoxy) is 3. The first kappa shape index (κ1) is 32.8. The van der Waals surface area contributed by atoms with Gasteiger partial charge in [-0.05, 0) is 66.5 Å². The van der Waals surface area contributed by atoms with Crippen molar-refractivity contribution in [1.82, 2.24) is 20.5 Å². The molecular formula is C34H44N6O6. The van der Waals surface area contributed by atoms with Crippen molar-refractivity contribution in [2.75, 3.05) is 38.5 Å². The van der Waals surface area contributed by atoms with Crippen LogP contribution in [0, 0.1) is 5.92 Å². The van der Waals surface area contributed by atoms with Gasteiger partial charge in [0, 0.05) is 31.9 Å². The maximum Gasteiger partial charge on any atom is 0.248 e. The highest BCUT2D eigenvalue weighted by molar-refractivity contribution is 5.89. The second-order valence-corrected chi connectivity index (χ2v) is 12.0. The Morgan fingerprint density at radius 1 is 1.02 bits per heavy atom. The van der Waals surface area contributed by atoms with Crippen LogP contribution in [0.1, 0.15) is 81.3 Å². The van der Waals surface area contributed by atoms with Gasteiger partial charge in [-0.25, -0.2) is 0 Å². The number of benzene rings is 1. The van der Waals surface area contributed by atoms with Crippen molar-refractivity contribution < 1.29 is 23.8 Å². The summed E-state index contributed by atoms with van der Waals surface area (Å²) in [5.74, 6) is 2.94. The number of methoxy groups -OCH3 is 3. The Morgan fingerprint density at radius 2 is 1.80 bits per heavy atom. The Morgan fingerprint density at radius 3 is 2.52 bits per heavy atom. The van der Waals surface area contributed by atoms with Crippen LogP contribution in [0.15, 0.2) is 29.1 Å². The molecule has 2 amide bonds. The number of aryl methyl sites for hydroxylation is 2. The molecule has 3 aromatic rings. The molecule has 0 spiro atoms. The van der Waals surface area contributed by atoms with Gasteiger partial charge in [0.25, 0.3) is 0 Å². The van der Waals surface area contributed by atoms with E-state index in [9.17, 15) is 14.4 Å². The fourth-order valence-electron chi connectivity index (χ4n) is 6.62. The van der Waals surface area contributed by atoms with Crippen LogP contribution in [0.4, 0.5) is 11.6 Å². The first-order chi connectivity index (χ1) is 22.3. The lowest BCUT2D eigenvalue weighted by Crippen LogP contribution is -2.26. The quantitative estimate of drug-likeness (QED) is 0.192. The molecule has 46 heavy (non-hydrogen) atoms. The molecule has 2 aliphatic rings. The van der Waals surface area contributed by atoms with Crippen LogP contribution in [-0.2, 0) is 22.4 Å². The minimum absolute atomic E-state index is 0.190. The largest absolute Gasteiger partial charge is 0.493 e. The molecule has 246 valence electrons. The summed E-state index contributed by atoms with van der Waals surface area (Å²) in [7, 11) is 4.69. The van der Waals surface area contributed by atoms with Crippen LogP contribution in [0.25, 0.3) is 11.1 Å². The first-order valence-corrected chi connectivity index (χ1v) is 16.0. The van der Waals surface area contributed by atoms with Crippen LogP contribution in [0.3, 0.4) is 0 Å². The zero-order chi connectivity index (χ0) is 32.6. The van der Waals surface area contributed by atoms with Crippen LogP contribution < -0.4 is 35.6 Å². The number of H-pyrrole nitrogens is 1. The van der Waals surface area contributed by atoms with Gasteiger partial charge in [0.15, 0.2) is 11.5 Å². The molecule has 0 bridgehead atoms. The third-order valence-electron chi connectivity index (χ3n) is 8.86. The Kier molecular flexibility index (Phi) is 10.8. The average molecular weight is 633 g/mol. The van der Waals surface area contributed by atoms with Crippen LogP contribution in [0.2, 0.25) is 0 Å². The van der Waals surface area contributed by atoms with Gasteiger partial charge in [0.1, 0.15) is 5.82 Å². The number of hydrogen-bond donors (Lipinski definition) is 4. The van der Waals surface area contributed by atoms with Gasteiger partial charge in [-0.15, -0.1) is 5.10 Å². The van der Waals surface area contributed by atoms with Gasteiger partial charge in [-0.3, -0.25) is 24.8 Å². The van der Waals surface area contributed by atoms with Crippen molar-refractivity contribution in [2.24, 2.45) is 5.92 Å². The number of rotatable bonds is 13. The highest BCUT2D eigenvalue weighted by Crippen LogP contribution is 2.50. The summed E-state index contributed by atoms with van der Waals surface area (Å²) in [6, 6.07) is 6.70. The predicted octanol–water partition coefficient (Wildman–Crippen LogP) is 4.93. The zero-order valence-electron chi connectivity index (χ0n) is 27.1. The van der Waals surface area contributed by atoms with E-state index >= 15 is 0 Å². The summed E-state index contributed by atoms with van der Waals surface area (Å²) in [6.07, 6.45) is 9.04. The van der Waals surface area contributed by atoms with Crippen molar-refractivity contribution in [3.05, 3.63) is 51.4 Å². The van der Waals surface area contributed by atoms with Gasteiger partial charge < -0.3 is 24.8 Å². The van der Waals surface area contributed by atoms with Crippen molar-refractivity contribution >= 4 is 23.5 Å². The molecule has 12 heteroatoms. The molecule has 1 heterocycles. The second-order valence-electron chi connectivity index (χ2n) is 12.0. The summed E-state index contributed by atoms with van der Waals surface area (Å²) in [4.78, 5) is 42.6. The summed E-state index contributed by atoms with van der Waals surface area (Å²) in [5, 5.41) is 16.0. The molecular weight excluding hydrogens is 588 g/mol. The summed E-state index contributed by atoms with van der Waals surface area (Å²) >= 11 is 0. The van der Waals surface area contributed by atoms with Crippen molar-refractivity contribution in [1.29, 1.82) is 0 Å². The zero-order valence-corrected chi connectivity index (χ0v) is 27.1. The molecule has 12 nitrogen and oxygen atoms in total. The van der Waals surface area contributed by atoms with E-state index in [-0.39, 0.29) is 29.6 Å². The highest BCUT2D eigenvalue weighted by Gasteiger charge is 2.29. The van der Waals surface area contributed by atoms with Crippen LogP contribution >= 0.6 is 0 Å². The number of aromatic nitrogens is 3. The molecule has 2 aromatic carbocycles. The maximum absolute atomic E-state index is 13.5. The number of carbonyl (C=O) groups excluding carboxylic acids is 2. The molecule has 1 atom stereocenters. The molecule has 5 rings (SSSR count). The molecule has 1 saturated carbocycles. The van der Waals surface area contributed by atoms with Crippen LogP contribution in [0.5, 0.6) is 17.2 Å². The fraction of sp³-hybridized carbons (Fsp3) is 0.500. The maximum atomic E-state index is 13.5. The van der Waals surface area contributed by atoms with E-state index in [1.807, 2.05) is 12.1 Å². The number of nitrogens with zero attached hydrogens (tertiary/aromatic N) is 2. The van der Waals surface area contributed by atoms with Gasteiger partial charge in [-0.2, -0.15) is 4.98 Å². The third kappa shape index (κ3) is 7.60. The number of nitrogens with one attached hydrogen (secondary N) is 4. The van der Waals surface area contributed by atoms with Crippen LogP contribution in [-0.4, -0.2) is 54.9 Å². The Balaban J connectivity index is 1.28. The lowest BCUT2D eigenvalue weighted by molar-refractivity contribution is -0.119. The third-order valence-corrected chi connectivity index (χ3v) is 8.86. The topological polar surface area (TPSA) is 157 Å². The average Bonchev–Trinajstić information content (AvgIpc) is 3.67. The number of carbonyl (C=O) groups is 2. The van der Waals surface area contributed by atoms with Gasteiger partial charge in [0.2, 0.25) is 28.9 Å². The number of anilines is 2. The number of hydrogen-bond acceptors (Lipinski definition) is 9. The second kappa shape index (κ2) is 15.1. The minimum atomic E-state index is -0.392. The predicted molar refractivity (Wildman–Crippen MR) is 176 cm³/mol. The SMILES string of the molecule is COc1cc2c(c(OC)c1OC)-c1ccc(NCCCC(=O)Nc3n[nH]c(CCC4CCCC4)n3)c(=O)cc1[C@@H](NC(C)=O)CC2. The molecule has 0 unspecified atom stereocenters. The Bertz CT molecular complexity index is 1620. The first-order valence-electron chi connectivity index (χ1n) is 16.0. The molecule has 0 radical (unpaired) electrons. The molecule has 1 aromatic heterocycles. The monoisotopic (exact) mass is 632 g/mol. The van der Waals surface area contributed by atoms with E-state index in [1.54, 1.807) is 33.5 Å². The number of fused-ring (bicyclic) bond motifs is 3.